The highest BCUT2D eigenvalue weighted by Gasteiger charge is 2.10. The van der Waals surface area contributed by atoms with Gasteiger partial charge in [0.05, 0.1) is 12.8 Å². The van der Waals surface area contributed by atoms with Crippen LogP contribution in [-0.2, 0) is 11.3 Å². The lowest BCUT2D eigenvalue weighted by molar-refractivity contribution is -0.120. The van der Waals surface area contributed by atoms with E-state index in [2.05, 4.69) is 20.4 Å². The van der Waals surface area contributed by atoms with Crippen LogP contribution >= 0.6 is 23.2 Å². The Hall–Kier alpha value is -3.61. The lowest BCUT2D eigenvalue weighted by atomic mass is 10.1. The van der Waals surface area contributed by atoms with E-state index in [1.165, 1.54) is 0 Å². The standard InChI is InChI=1S/C26H22Cl2N4O2/c1-17-5-4-6-18(11-17)26(34)29-14-25(33)31-30-13-20-16-32(24-8-3-2-7-22(20)24)15-19-9-10-21(27)12-23(19)28/h2-13,16H,14-15H2,1H3,(H,29,34)(H,31,33)/b30-13+. The topological polar surface area (TPSA) is 75.5 Å². The van der Waals surface area contributed by atoms with Crippen LogP contribution in [0.4, 0.5) is 0 Å². The van der Waals surface area contributed by atoms with Gasteiger partial charge < -0.3 is 9.88 Å². The van der Waals surface area contributed by atoms with Gasteiger partial charge in [0.15, 0.2) is 0 Å². The molecule has 4 rings (SSSR count). The van der Waals surface area contributed by atoms with Crippen LogP contribution in [0.3, 0.4) is 0 Å². The molecule has 0 aliphatic rings. The largest absolute Gasteiger partial charge is 0.343 e. The molecule has 1 aromatic heterocycles. The zero-order chi connectivity index (χ0) is 24.1. The second-order valence-corrected chi connectivity index (χ2v) is 8.65. The third-order valence-electron chi connectivity index (χ3n) is 5.26. The van der Waals surface area contributed by atoms with Crippen LogP contribution in [0.25, 0.3) is 10.9 Å². The number of nitrogens with zero attached hydrogens (tertiary/aromatic N) is 2. The fraction of sp³-hybridized carbons (Fsp3) is 0.115. The number of benzene rings is 3. The molecule has 1 heterocycles. The van der Waals surface area contributed by atoms with Crippen LogP contribution in [-0.4, -0.2) is 29.1 Å². The zero-order valence-electron chi connectivity index (χ0n) is 18.4. The number of para-hydroxylation sites is 1. The van der Waals surface area contributed by atoms with E-state index in [1.54, 1.807) is 30.5 Å². The fourth-order valence-corrected chi connectivity index (χ4v) is 4.07. The van der Waals surface area contributed by atoms with Gasteiger partial charge in [0, 0.05) is 44.8 Å². The molecule has 0 unspecified atom stereocenters. The molecule has 34 heavy (non-hydrogen) atoms. The zero-order valence-corrected chi connectivity index (χ0v) is 19.9. The number of aromatic nitrogens is 1. The van der Waals surface area contributed by atoms with Gasteiger partial charge >= 0.3 is 0 Å². The second-order valence-electron chi connectivity index (χ2n) is 7.81. The molecular weight excluding hydrogens is 471 g/mol. The predicted molar refractivity (Wildman–Crippen MR) is 137 cm³/mol. The van der Waals surface area contributed by atoms with Crippen LogP contribution in [0.5, 0.6) is 0 Å². The molecule has 3 aromatic carbocycles. The lowest BCUT2D eigenvalue weighted by Crippen LogP contribution is -2.34. The molecule has 2 N–H and O–H groups in total. The van der Waals surface area contributed by atoms with Gasteiger partial charge in [-0.2, -0.15) is 5.10 Å². The number of hydrogen-bond acceptors (Lipinski definition) is 3. The van der Waals surface area contributed by atoms with Crippen molar-refractivity contribution in [2.24, 2.45) is 5.10 Å². The Morgan fingerprint density at radius 2 is 1.85 bits per heavy atom. The quantitative estimate of drug-likeness (QED) is 0.275. The molecule has 6 nitrogen and oxygen atoms in total. The van der Waals surface area contributed by atoms with E-state index in [9.17, 15) is 9.59 Å². The third-order valence-corrected chi connectivity index (χ3v) is 5.84. The normalized spacial score (nSPS) is 11.1. The summed E-state index contributed by atoms with van der Waals surface area (Å²) >= 11 is 12.4. The highest BCUT2D eigenvalue weighted by molar-refractivity contribution is 6.35. The van der Waals surface area contributed by atoms with Gasteiger partial charge in [-0.25, -0.2) is 5.43 Å². The number of hydrogen-bond donors (Lipinski definition) is 2. The number of aryl methyl sites for hydroxylation is 1. The molecule has 0 bridgehead atoms. The number of carbonyl (C=O) groups excluding carboxylic acids is 2. The van der Waals surface area contributed by atoms with Crippen molar-refractivity contribution in [3.8, 4) is 0 Å². The summed E-state index contributed by atoms with van der Waals surface area (Å²) in [7, 11) is 0. The lowest BCUT2D eigenvalue weighted by Gasteiger charge is -2.08. The Labute approximate surface area is 207 Å². The Morgan fingerprint density at radius 3 is 2.65 bits per heavy atom. The van der Waals surface area contributed by atoms with Crippen LogP contribution < -0.4 is 10.7 Å². The van der Waals surface area contributed by atoms with Crippen molar-refractivity contribution in [3.05, 3.63) is 105 Å². The van der Waals surface area contributed by atoms with E-state index in [-0.39, 0.29) is 12.5 Å². The summed E-state index contributed by atoms with van der Waals surface area (Å²) in [6.45, 7) is 2.28. The van der Waals surface area contributed by atoms with Gasteiger partial charge in [0.1, 0.15) is 0 Å². The Morgan fingerprint density at radius 1 is 1.03 bits per heavy atom. The van der Waals surface area contributed by atoms with E-state index in [0.29, 0.717) is 22.2 Å². The number of halogens is 2. The van der Waals surface area contributed by atoms with Gasteiger partial charge in [-0.05, 0) is 42.8 Å². The maximum atomic E-state index is 12.2. The molecule has 0 aliphatic heterocycles. The Bertz CT molecular complexity index is 1390. The van der Waals surface area contributed by atoms with Crippen molar-refractivity contribution in [1.82, 2.24) is 15.3 Å². The van der Waals surface area contributed by atoms with Gasteiger partial charge in [-0.1, -0.05) is 65.2 Å². The maximum Gasteiger partial charge on any atom is 0.259 e. The van der Waals surface area contributed by atoms with Gasteiger partial charge in [-0.15, -0.1) is 0 Å². The SMILES string of the molecule is Cc1cccc(C(=O)NCC(=O)N/N=C/c2cn(Cc3ccc(Cl)cc3Cl)c3ccccc23)c1. The molecule has 2 amide bonds. The summed E-state index contributed by atoms with van der Waals surface area (Å²) in [5.74, 6) is -0.735. The number of nitrogens with one attached hydrogen (secondary N) is 2. The molecule has 4 aromatic rings. The van der Waals surface area contributed by atoms with E-state index in [0.717, 1.165) is 27.6 Å². The number of hydrazone groups is 1. The van der Waals surface area contributed by atoms with E-state index in [1.807, 2.05) is 55.6 Å². The summed E-state index contributed by atoms with van der Waals surface area (Å²) in [5.41, 5.74) is 6.72. The van der Waals surface area contributed by atoms with Crippen LogP contribution in [0, 0.1) is 6.92 Å². The molecule has 172 valence electrons. The monoisotopic (exact) mass is 492 g/mol. The second kappa shape index (κ2) is 10.5. The number of carbonyl (C=O) groups is 2. The average molecular weight is 493 g/mol. The van der Waals surface area contributed by atoms with E-state index >= 15 is 0 Å². The molecule has 0 spiro atoms. The molecule has 0 saturated heterocycles. The minimum absolute atomic E-state index is 0.180. The minimum atomic E-state index is -0.422. The van der Waals surface area contributed by atoms with Crippen molar-refractivity contribution >= 4 is 52.1 Å². The summed E-state index contributed by atoms with van der Waals surface area (Å²) in [6, 6.07) is 20.5. The smallest absolute Gasteiger partial charge is 0.259 e. The highest BCUT2D eigenvalue weighted by atomic mass is 35.5. The van der Waals surface area contributed by atoms with Gasteiger partial charge in [0.2, 0.25) is 0 Å². The first-order valence-electron chi connectivity index (χ1n) is 10.6. The first-order valence-corrected chi connectivity index (χ1v) is 11.3. The molecule has 0 radical (unpaired) electrons. The number of amides is 2. The predicted octanol–water partition coefficient (Wildman–Crippen LogP) is 5.18. The molecule has 8 heteroatoms. The molecule has 0 fully saturated rings. The van der Waals surface area contributed by atoms with Crippen molar-refractivity contribution in [3.63, 3.8) is 0 Å². The third kappa shape index (κ3) is 5.65. The van der Waals surface area contributed by atoms with Gasteiger partial charge in [0.25, 0.3) is 11.8 Å². The van der Waals surface area contributed by atoms with Crippen molar-refractivity contribution in [2.45, 2.75) is 13.5 Å². The first-order chi connectivity index (χ1) is 16.4. The van der Waals surface area contributed by atoms with Crippen LogP contribution in [0.1, 0.15) is 27.0 Å². The highest BCUT2D eigenvalue weighted by Crippen LogP contribution is 2.25. The van der Waals surface area contributed by atoms with Crippen LogP contribution in [0.15, 0.2) is 78.0 Å². The summed E-state index contributed by atoms with van der Waals surface area (Å²) in [6.07, 6.45) is 3.54. The molecule has 0 atom stereocenters. The Balaban J connectivity index is 1.42. The minimum Gasteiger partial charge on any atom is -0.343 e. The van der Waals surface area contributed by atoms with Crippen molar-refractivity contribution < 1.29 is 9.59 Å². The van der Waals surface area contributed by atoms with Crippen LogP contribution in [0.2, 0.25) is 10.0 Å². The average Bonchev–Trinajstić information content (AvgIpc) is 3.17. The Kier molecular flexibility index (Phi) is 7.30. The molecule has 0 saturated carbocycles. The van der Waals surface area contributed by atoms with Crippen molar-refractivity contribution in [1.29, 1.82) is 0 Å². The first kappa shape index (κ1) is 23.5. The van der Waals surface area contributed by atoms with Crippen molar-refractivity contribution in [2.75, 3.05) is 6.54 Å². The summed E-state index contributed by atoms with van der Waals surface area (Å²) in [4.78, 5) is 24.3. The molecular formula is C26H22Cl2N4O2. The maximum absolute atomic E-state index is 12.2. The van der Waals surface area contributed by atoms with E-state index in [4.69, 9.17) is 23.2 Å². The number of rotatable bonds is 7. The van der Waals surface area contributed by atoms with E-state index < -0.39 is 5.91 Å². The number of fused-ring (bicyclic) bond motifs is 1. The summed E-state index contributed by atoms with van der Waals surface area (Å²) in [5, 5.41) is 8.84. The van der Waals surface area contributed by atoms with Gasteiger partial charge in [-0.3, -0.25) is 9.59 Å². The molecule has 0 aliphatic carbocycles. The fourth-order valence-electron chi connectivity index (χ4n) is 3.60. The summed E-state index contributed by atoms with van der Waals surface area (Å²) < 4.78 is 2.07.